The van der Waals surface area contributed by atoms with Crippen LogP contribution in [0.5, 0.6) is 5.75 Å². The first kappa shape index (κ1) is 23.0. The molecule has 0 heterocycles. The van der Waals surface area contributed by atoms with Crippen LogP contribution in [0.1, 0.15) is 31.4 Å². The first-order chi connectivity index (χ1) is 14.7. The lowest BCUT2D eigenvalue weighted by molar-refractivity contribution is 0.0627. The fourth-order valence-electron chi connectivity index (χ4n) is 3.24. The second kappa shape index (κ2) is 9.64. The molecule has 0 saturated heterocycles. The summed E-state index contributed by atoms with van der Waals surface area (Å²) in [7, 11) is -3.78. The fourth-order valence-corrected chi connectivity index (χ4v) is 4.45. The quantitative estimate of drug-likeness (QED) is 0.509. The summed E-state index contributed by atoms with van der Waals surface area (Å²) < 4.78 is 33.7. The molecule has 2 N–H and O–H groups in total. The van der Waals surface area contributed by atoms with E-state index in [4.69, 9.17) is 4.74 Å². The third-order valence-corrected chi connectivity index (χ3v) is 6.54. The Labute approximate surface area is 184 Å². The molecule has 3 rings (SSSR count). The molecule has 0 aliphatic rings. The van der Waals surface area contributed by atoms with Crippen LogP contribution in [0.15, 0.2) is 77.7 Å². The van der Waals surface area contributed by atoms with E-state index in [9.17, 15) is 13.5 Å². The van der Waals surface area contributed by atoms with E-state index in [0.717, 1.165) is 23.1 Å². The number of aliphatic hydroxyl groups is 1. The van der Waals surface area contributed by atoms with Gasteiger partial charge in [0.25, 0.3) is 0 Å². The van der Waals surface area contributed by atoms with Gasteiger partial charge in [-0.15, -0.1) is 0 Å². The summed E-state index contributed by atoms with van der Waals surface area (Å²) in [5.41, 5.74) is 2.13. The lowest BCUT2D eigenvalue weighted by atomic mass is 9.94. The average Bonchev–Trinajstić information content (AvgIpc) is 2.78. The first-order valence-electron chi connectivity index (χ1n) is 10.3. The number of hydrogen-bond acceptors (Lipinski definition) is 4. The Morgan fingerprint density at radius 2 is 1.61 bits per heavy atom. The van der Waals surface area contributed by atoms with Crippen LogP contribution in [0, 0.1) is 6.92 Å². The molecule has 0 aromatic heterocycles. The SMILES string of the molecule is CCCOc1ccc(S(=O)(=O)NCC(C)(O)c2ccc(-c3ccccc3)cc2)cc1C. The summed E-state index contributed by atoms with van der Waals surface area (Å²) in [6.07, 6.45) is 0.877. The zero-order valence-corrected chi connectivity index (χ0v) is 18.9. The van der Waals surface area contributed by atoms with Crippen molar-refractivity contribution in [3.8, 4) is 16.9 Å². The fraction of sp³-hybridized carbons (Fsp3) is 0.280. The molecule has 0 saturated carbocycles. The van der Waals surface area contributed by atoms with Crippen LogP contribution in [-0.2, 0) is 15.6 Å². The molecule has 0 fully saturated rings. The molecule has 1 unspecified atom stereocenters. The minimum absolute atomic E-state index is 0.143. The van der Waals surface area contributed by atoms with Gasteiger partial charge < -0.3 is 9.84 Å². The third kappa shape index (κ3) is 5.73. The van der Waals surface area contributed by atoms with Gasteiger partial charge in [-0.3, -0.25) is 0 Å². The van der Waals surface area contributed by atoms with Crippen molar-refractivity contribution in [3.05, 3.63) is 83.9 Å². The van der Waals surface area contributed by atoms with E-state index in [1.807, 2.05) is 68.4 Å². The minimum atomic E-state index is -3.78. The first-order valence-corrected chi connectivity index (χ1v) is 11.8. The molecule has 0 amide bonds. The Morgan fingerprint density at radius 1 is 0.968 bits per heavy atom. The van der Waals surface area contributed by atoms with Crippen molar-refractivity contribution in [1.29, 1.82) is 0 Å². The summed E-state index contributed by atoms with van der Waals surface area (Å²) >= 11 is 0. The van der Waals surface area contributed by atoms with Crippen LogP contribution in [0.25, 0.3) is 11.1 Å². The standard InChI is InChI=1S/C25H29NO4S/c1-4-16-30-24-15-14-23(17-19(24)2)31(28,29)26-18-25(3,27)22-12-10-21(11-13-22)20-8-6-5-7-9-20/h5-15,17,26-27H,4,16,18H2,1-3H3. The van der Waals surface area contributed by atoms with Gasteiger partial charge in [-0.25, -0.2) is 13.1 Å². The summed E-state index contributed by atoms with van der Waals surface area (Å²) in [4.78, 5) is 0.143. The van der Waals surface area contributed by atoms with Crippen molar-refractivity contribution in [2.24, 2.45) is 0 Å². The van der Waals surface area contributed by atoms with Gasteiger partial charge in [-0.05, 0) is 60.7 Å². The molecule has 0 spiro atoms. The smallest absolute Gasteiger partial charge is 0.240 e. The highest BCUT2D eigenvalue weighted by atomic mass is 32.2. The summed E-state index contributed by atoms with van der Waals surface area (Å²) in [5.74, 6) is 0.673. The number of ether oxygens (including phenoxy) is 1. The number of sulfonamides is 1. The van der Waals surface area contributed by atoms with Crippen LogP contribution >= 0.6 is 0 Å². The monoisotopic (exact) mass is 439 g/mol. The van der Waals surface area contributed by atoms with E-state index in [1.165, 1.54) is 6.07 Å². The molecular weight excluding hydrogens is 410 g/mol. The molecule has 0 radical (unpaired) electrons. The summed E-state index contributed by atoms with van der Waals surface area (Å²) in [6.45, 7) is 5.86. The van der Waals surface area contributed by atoms with E-state index in [-0.39, 0.29) is 11.4 Å². The van der Waals surface area contributed by atoms with Crippen LogP contribution in [-0.4, -0.2) is 26.7 Å². The van der Waals surface area contributed by atoms with Crippen molar-refractivity contribution in [2.45, 2.75) is 37.7 Å². The van der Waals surface area contributed by atoms with Gasteiger partial charge in [-0.1, -0.05) is 61.5 Å². The Balaban J connectivity index is 1.71. The molecule has 3 aromatic carbocycles. The highest BCUT2D eigenvalue weighted by Gasteiger charge is 2.26. The molecule has 164 valence electrons. The van der Waals surface area contributed by atoms with E-state index < -0.39 is 15.6 Å². The van der Waals surface area contributed by atoms with Crippen molar-refractivity contribution >= 4 is 10.0 Å². The van der Waals surface area contributed by atoms with E-state index >= 15 is 0 Å². The van der Waals surface area contributed by atoms with Crippen molar-refractivity contribution < 1.29 is 18.3 Å². The molecule has 0 aliphatic carbocycles. The van der Waals surface area contributed by atoms with Crippen LogP contribution in [0.2, 0.25) is 0 Å². The highest BCUT2D eigenvalue weighted by molar-refractivity contribution is 7.89. The number of rotatable bonds is 9. The van der Waals surface area contributed by atoms with Gasteiger partial charge in [-0.2, -0.15) is 0 Å². The van der Waals surface area contributed by atoms with E-state index in [2.05, 4.69) is 4.72 Å². The maximum atomic E-state index is 12.8. The molecule has 0 aliphatic heterocycles. The maximum absolute atomic E-state index is 12.8. The van der Waals surface area contributed by atoms with Gasteiger partial charge in [0.05, 0.1) is 11.5 Å². The third-order valence-electron chi connectivity index (χ3n) is 5.14. The Kier molecular flexibility index (Phi) is 7.15. The van der Waals surface area contributed by atoms with Gasteiger partial charge in [0.2, 0.25) is 10.0 Å². The average molecular weight is 440 g/mol. The Morgan fingerprint density at radius 3 is 2.23 bits per heavy atom. The second-order valence-corrected chi connectivity index (χ2v) is 9.58. The highest BCUT2D eigenvalue weighted by Crippen LogP contribution is 2.26. The van der Waals surface area contributed by atoms with Gasteiger partial charge >= 0.3 is 0 Å². The summed E-state index contributed by atoms with van der Waals surface area (Å²) in [5, 5.41) is 10.9. The molecule has 6 heteroatoms. The predicted octanol–water partition coefficient (Wildman–Crippen LogP) is 4.64. The largest absolute Gasteiger partial charge is 0.493 e. The number of hydrogen-bond donors (Lipinski definition) is 2. The molecule has 0 bridgehead atoms. The van der Waals surface area contributed by atoms with Crippen LogP contribution < -0.4 is 9.46 Å². The number of aryl methyl sites for hydroxylation is 1. The predicted molar refractivity (Wildman–Crippen MR) is 124 cm³/mol. The number of benzene rings is 3. The molecule has 1 atom stereocenters. The van der Waals surface area contributed by atoms with Crippen LogP contribution in [0.3, 0.4) is 0 Å². The van der Waals surface area contributed by atoms with Crippen LogP contribution in [0.4, 0.5) is 0 Å². The molecular formula is C25H29NO4S. The van der Waals surface area contributed by atoms with Crippen molar-refractivity contribution in [1.82, 2.24) is 4.72 Å². The molecule has 31 heavy (non-hydrogen) atoms. The molecule has 5 nitrogen and oxygen atoms in total. The topological polar surface area (TPSA) is 75.6 Å². The minimum Gasteiger partial charge on any atom is -0.493 e. The zero-order chi connectivity index (χ0) is 22.5. The number of nitrogens with one attached hydrogen (secondary N) is 1. The van der Waals surface area contributed by atoms with Gasteiger partial charge in [0.15, 0.2) is 0 Å². The zero-order valence-electron chi connectivity index (χ0n) is 18.1. The normalized spacial score (nSPS) is 13.5. The van der Waals surface area contributed by atoms with Gasteiger partial charge in [0.1, 0.15) is 11.4 Å². The van der Waals surface area contributed by atoms with Crippen molar-refractivity contribution in [2.75, 3.05) is 13.2 Å². The lowest BCUT2D eigenvalue weighted by Gasteiger charge is -2.24. The lowest BCUT2D eigenvalue weighted by Crippen LogP contribution is -2.38. The summed E-state index contributed by atoms with van der Waals surface area (Å²) in [6, 6.07) is 22.2. The van der Waals surface area contributed by atoms with E-state index in [1.54, 1.807) is 19.1 Å². The molecule has 3 aromatic rings. The van der Waals surface area contributed by atoms with Crippen molar-refractivity contribution in [3.63, 3.8) is 0 Å². The van der Waals surface area contributed by atoms with E-state index in [0.29, 0.717) is 17.9 Å². The van der Waals surface area contributed by atoms with Gasteiger partial charge in [0, 0.05) is 6.54 Å². The Bertz CT molecular complexity index is 1110. The maximum Gasteiger partial charge on any atom is 0.240 e. The second-order valence-electron chi connectivity index (χ2n) is 7.82. The Hall–Kier alpha value is -2.67.